The Balaban J connectivity index is 2.49. The highest BCUT2D eigenvalue weighted by Crippen LogP contribution is 2.22. The lowest BCUT2D eigenvalue weighted by Crippen LogP contribution is -2.55. The normalized spacial score (nSPS) is 18.2. The maximum Gasteiger partial charge on any atom is 0.319 e. The van der Waals surface area contributed by atoms with Crippen LogP contribution in [0.4, 0.5) is 4.79 Å². The minimum absolute atomic E-state index is 0.00287. The summed E-state index contributed by atoms with van der Waals surface area (Å²) in [7, 11) is 3.46. The summed E-state index contributed by atoms with van der Waals surface area (Å²) < 4.78 is 0. The number of rotatable bonds is 4. The first-order chi connectivity index (χ1) is 8.54. The fourth-order valence-corrected chi connectivity index (χ4v) is 2.10. The van der Waals surface area contributed by atoms with Crippen molar-refractivity contribution < 1.29 is 9.90 Å². The molecular formula is C12H22N4O2. The summed E-state index contributed by atoms with van der Waals surface area (Å²) in [5, 5.41) is 21.2. The van der Waals surface area contributed by atoms with Crippen LogP contribution in [0.1, 0.15) is 19.3 Å². The van der Waals surface area contributed by atoms with Crippen LogP contribution in [0.5, 0.6) is 0 Å². The molecule has 0 aromatic rings. The van der Waals surface area contributed by atoms with Crippen LogP contribution in [0.25, 0.3) is 0 Å². The number of likely N-dealkylation sites (tertiary alicyclic amines) is 1. The average molecular weight is 254 g/mol. The molecule has 6 heteroatoms. The molecule has 1 aliphatic rings. The van der Waals surface area contributed by atoms with E-state index in [1.165, 1.54) is 0 Å². The van der Waals surface area contributed by atoms with Gasteiger partial charge in [0.15, 0.2) is 0 Å². The molecule has 0 radical (unpaired) electrons. The van der Waals surface area contributed by atoms with Gasteiger partial charge in [-0.05, 0) is 25.8 Å². The Bertz CT molecular complexity index is 317. The third-order valence-electron chi connectivity index (χ3n) is 3.28. The van der Waals surface area contributed by atoms with E-state index in [4.69, 9.17) is 5.11 Å². The largest absolute Gasteiger partial charge is 0.396 e. The van der Waals surface area contributed by atoms with E-state index in [0.717, 1.165) is 0 Å². The second-order valence-electron chi connectivity index (χ2n) is 4.86. The number of carbonyl (C=O) groups is 1. The van der Waals surface area contributed by atoms with E-state index in [2.05, 4.69) is 11.4 Å². The standard InChI is InChI=1S/C12H22N4O2/c1-15(2)11(18)16-7-4-12(10-13,5-8-16)14-6-3-9-17/h14,17H,3-9H2,1-2H3. The second kappa shape index (κ2) is 6.57. The predicted molar refractivity (Wildman–Crippen MR) is 67.9 cm³/mol. The molecule has 0 atom stereocenters. The Morgan fingerprint density at radius 3 is 2.56 bits per heavy atom. The van der Waals surface area contributed by atoms with Crippen LogP contribution < -0.4 is 5.32 Å². The molecule has 0 aromatic carbocycles. The average Bonchev–Trinajstić information content (AvgIpc) is 2.39. The number of hydrogen-bond acceptors (Lipinski definition) is 4. The van der Waals surface area contributed by atoms with Gasteiger partial charge < -0.3 is 14.9 Å². The molecule has 1 saturated heterocycles. The Kier molecular flexibility index (Phi) is 5.38. The molecule has 0 aliphatic carbocycles. The Morgan fingerprint density at radius 1 is 1.50 bits per heavy atom. The number of nitriles is 1. The molecule has 18 heavy (non-hydrogen) atoms. The van der Waals surface area contributed by atoms with Gasteiger partial charge in [-0.15, -0.1) is 0 Å². The van der Waals surface area contributed by atoms with Gasteiger partial charge in [0.05, 0.1) is 6.07 Å². The molecular weight excluding hydrogens is 232 g/mol. The fraction of sp³-hybridized carbons (Fsp3) is 0.833. The molecule has 2 amide bonds. The predicted octanol–water partition coefficient (Wildman–Crippen LogP) is -0.00182. The van der Waals surface area contributed by atoms with Gasteiger partial charge in [0.2, 0.25) is 0 Å². The van der Waals surface area contributed by atoms with Crippen LogP contribution in [0.2, 0.25) is 0 Å². The summed E-state index contributed by atoms with van der Waals surface area (Å²) in [4.78, 5) is 15.1. The van der Waals surface area contributed by atoms with Gasteiger partial charge in [-0.2, -0.15) is 5.26 Å². The smallest absolute Gasteiger partial charge is 0.319 e. The highest BCUT2D eigenvalue weighted by molar-refractivity contribution is 5.74. The van der Waals surface area contributed by atoms with Crippen molar-refractivity contribution in [1.82, 2.24) is 15.1 Å². The summed E-state index contributed by atoms with van der Waals surface area (Å²) >= 11 is 0. The molecule has 0 aromatic heterocycles. The van der Waals surface area contributed by atoms with Crippen molar-refractivity contribution in [2.24, 2.45) is 0 Å². The summed E-state index contributed by atoms with van der Waals surface area (Å²) in [6.07, 6.45) is 1.91. The fourth-order valence-electron chi connectivity index (χ4n) is 2.10. The number of urea groups is 1. The van der Waals surface area contributed by atoms with Crippen molar-refractivity contribution in [2.75, 3.05) is 40.3 Å². The van der Waals surface area contributed by atoms with E-state index in [0.29, 0.717) is 38.9 Å². The lowest BCUT2D eigenvalue weighted by Gasteiger charge is -2.38. The van der Waals surface area contributed by atoms with Crippen LogP contribution in [0, 0.1) is 11.3 Å². The van der Waals surface area contributed by atoms with Crippen LogP contribution in [0.15, 0.2) is 0 Å². The molecule has 2 N–H and O–H groups in total. The molecule has 1 rings (SSSR count). The molecule has 0 spiro atoms. The van der Waals surface area contributed by atoms with Crippen molar-refractivity contribution in [3.63, 3.8) is 0 Å². The van der Waals surface area contributed by atoms with Gasteiger partial charge in [-0.25, -0.2) is 4.79 Å². The minimum Gasteiger partial charge on any atom is -0.396 e. The van der Waals surface area contributed by atoms with Crippen molar-refractivity contribution in [2.45, 2.75) is 24.8 Å². The van der Waals surface area contributed by atoms with E-state index in [-0.39, 0.29) is 12.6 Å². The molecule has 6 nitrogen and oxygen atoms in total. The molecule has 102 valence electrons. The SMILES string of the molecule is CN(C)C(=O)N1CCC(C#N)(NCCCO)CC1. The van der Waals surface area contributed by atoms with Gasteiger partial charge >= 0.3 is 6.03 Å². The van der Waals surface area contributed by atoms with Gasteiger partial charge in [0.25, 0.3) is 0 Å². The Hall–Kier alpha value is -1.32. The van der Waals surface area contributed by atoms with E-state index >= 15 is 0 Å². The third kappa shape index (κ3) is 3.59. The van der Waals surface area contributed by atoms with Gasteiger partial charge in [-0.3, -0.25) is 5.32 Å². The minimum atomic E-state index is -0.543. The highest BCUT2D eigenvalue weighted by Gasteiger charge is 2.35. The van der Waals surface area contributed by atoms with Gasteiger partial charge in [0.1, 0.15) is 5.54 Å². The van der Waals surface area contributed by atoms with Crippen molar-refractivity contribution in [3.8, 4) is 6.07 Å². The van der Waals surface area contributed by atoms with Crippen LogP contribution >= 0.6 is 0 Å². The Morgan fingerprint density at radius 2 is 2.11 bits per heavy atom. The van der Waals surface area contributed by atoms with Crippen molar-refractivity contribution in [1.29, 1.82) is 5.26 Å². The van der Waals surface area contributed by atoms with Crippen LogP contribution in [-0.4, -0.2) is 66.8 Å². The molecule has 0 bridgehead atoms. The quantitative estimate of drug-likeness (QED) is 0.692. The number of nitrogens with one attached hydrogen (secondary N) is 1. The van der Waals surface area contributed by atoms with Crippen LogP contribution in [-0.2, 0) is 0 Å². The van der Waals surface area contributed by atoms with Gasteiger partial charge in [0, 0.05) is 33.8 Å². The van der Waals surface area contributed by atoms with Crippen molar-refractivity contribution >= 4 is 6.03 Å². The number of carbonyl (C=O) groups excluding carboxylic acids is 1. The Labute approximate surface area is 108 Å². The van der Waals surface area contributed by atoms with Crippen LogP contribution in [0.3, 0.4) is 0 Å². The summed E-state index contributed by atoms with van der Waals surface area (Å²) in [6.45, 7) is 1.94. The summed E-state index contributed by atoms with van der Waals surface area (Å²) in [5.41, 5.74) is -0.543. The number of amides is 2. The van der Waals surface area contributed by atoms with E-state index < -0.39 is 5.54 Å². The first-order valence-corrected chi connectivity index (χ1v) is 6.28. The summed E-state index contributed by atoms with van der Waals surface area (Å²) in [6, 6.07) is 2.32. The molecule has 0 unspecified atom stereocenters. The molecule has 1 fully saturated rings. The molecule has 1 heterocycles. The number of aliphatic hydroxyl groups is 1. The molecule has 0 saturated carbocycles. The number of aliphatic hydroxyl groups excluding tert-OH is 1. The zero-order chi connectivity index (χ0) is 13.6. The monoisotopic (exact) mass is 254 g/mol. The van der Waals surface area contributed by atoms with E-state index in [1.807, 2.05) is 0 Å². The second-order valence-corrected chi connectivity index (χ2v) is 4.86. The first kappa shape index (κ1) is 14.7. The topological polar surface area (TPSA) is 79.6 Å². The van der Waals surface area contributed by atoms with E-state index in [9.17, 15) is 10.1 Å². The zero-order valence-electron chi connectivity index (χ0n) is 11.1. The maximum absolute atomic E-state index is 11.8. The van der Waals surface area contributed by atoms with E-state index in [1.54, 1.807) is 23.9 Å². The highest BCUT2D eigenvalue weighted by atomic mass is 16.3. The third-order valence-corrected chi connectivity index (χ3v) is 3.28. The maximum atomic E-state index is 11.8. The first-order valence-electron chi connectivity index (χ1n) is 6.28. The lowest BCUT2D eigenvalue weighted by atomic mass is 9.89. The van der Waals surface area contributed by atoms with Crippen molar-refractivity contribution in [3.05, 3.63) is 0 Å². The van der Waals surface area contributed by atoms with Gasteiger partial charge in [-0.1, -0.05) is 0 Å². The number of nitrogens with zero attached hydrogens (tertiary/aromatic N) is 3. The summed E-state index contributed by atoms with van der Waals surface area (Å²) in [5.74, 6) is 0. The number of piperidine rings is 1. The molecule has 1 aliphatic heterocycles. The number of hydrogen-bond donors (Lipinski definition) is 2. The zero-order valence-corrected chi connectivity index (χ0v) is 11.1. The lowest BCUT2D eigenvalue weighted by molar-refractivity contribution is 0.140.